The molecule has 2 aliphatic heterocycles. The van der Waals surface area contributed by atoms with Crippen molar-refractivity contribution in [2.45, 2.75) is 13.0 Å². The van der Waals surface area contributed by atoms with E-state index < -0.39 is 0 Å². The van der Waals surface area contributed by atoms with Gasteiger partial charge in [0.15, 0.2) is 5.82 Å². The minimum absolute atomic E-state index is 0.945. The van der Waals surface area contributed by atoms with Crippen molar-refractivity contribution < 1.29 is 0 Å². The Morgan fingerprint density at radius 3 is 3.00 bits per heavy atom. The maximum atomic E-state index is 4.36. The van der Waals surface area contributed by atoms with Crippen molar-refractivity contribution in [1.29, 1.82) is 0 Å². The van der Waals surface area contributed by atoms with Gasteiger partial charge in [0.2, 0.25) is 0 Å². The normalized spacial score (nSPS) is 20.6. The summed E-state index contributed by atoms with van der Waals surface area (Å²) in [5, 5.41) is 12.1. The smallest absolute Gasteiger partial charge is 0.151 e. The topological polar surface area (TPSA) is 41.1 Å². The Labute approximate surface area is 99.8 Å². The van der Waals surface area contributed by atoms with Gasteiger partial charge in [0.1, 0.15) is 0 Å². The van der Waals surface area contributed by atoms with Gasteiger partial charge in [-0.25, -0.2) is 0 Å². The highest BCUT2D eigenvalue weighted by Crippen LogP contribution is 2.20. The SMILES string of the molecule is c1c(N2CCSCC2)nnc2c1CNCC2. The third kappa shape index (κ3) is 2.01. The van der Waals surface area contributed by atoms with Crippen LogP contribution in [0.1, 0.15) is 11.3 Å². The molecule has 1 saturated heterocycles. The summed E-state index contributed by atoms with van der Waals surface area (Å²) < 4.78 is 0. The molecule has 3 heterocycles. The molecular formula is C11H16N4S. The fourth-order valence-electron chi connectivity index (χ4n) is 2.18. The molecule has 0 radical (unpaired) electrons. The molecule has 0 spiro atoms. The largest absolute Gasteiger partial charge is 0.353 e. The molecular weight excluding hydrogens is 220 g/mol. The van der Waals surface area contributed by atoms with Gasteiger partial charge < -0.3 is 10.2 Å². The lowest BCUT2D eigenvalue weighted by Crippen LogP contribution is -2.34. The van der Waals surface area contributed by atoms with E-state index in [1.807, 2.05) is 11.8 Å². The second kappa shape index (κ2) is 4.59. The molecule has 3 rings (SSSR count). The van der Waals surface area contributed by atoms with Crippen LogP contribution in [0.5, 0.6) is 0 Å². The summed E-state index contributed by atoms with van der Waals surface area (Å²) in [6, 6.07) is 2.21. The number of rotatable bonds is 1. The average Bonchev–Trinajstić information content (AvgIpc) is 2.39. The van der Waals surface area contributed by atoms with Gasteiger partial charge in [-0.1, -0.05) is 0 Å². The number of anilines is 1. The standard InChI is InChI=1S/C11H16N4S/c1-2-12-8-9-7-11(14-13-10(1)9)15-3-5-16-6-4-15/h7,12H,1-6,8H2. The van der Waals surface area contributed by atoms with Crippen LogP contribution in [0.15, 0.2) is 6.07 Å². The van der Waals surface area contributed by atoms with E-state index in [0.717, 1.165) is 38.4 Å². The zero-order valence-electron chi connectivity index (χ0n) is 9.28. The van der Waals surface area contributed by atoms with E-state index in [1.165, 1.54) is 22.8 Å². The van der Waals surface area contributed by atoms with Crippen LogP contribution in [-0.4, -0.2) is 41.3 Å². The zero-order chi connectivity index (χ0) is 10.8. The fourth-order valence-corrected chi connectivity index (χ4v) is 3.09. The zero-order valence-corrected chi connectivity index (χ0v) is 10.1. The van der Waals surface area contributed by atoms with Crippen molar-refractivity contribution in [1.82, 2.24) is 15.5 Å². The van der Waals surface area contributed by atoms with E-state index in [0.29, 0.717) is 0 Å². The molecule has 1 N–H and O–H groups in total. The van der Waals surface area contributed by atoms with E-state index in [1.54, 1.807) is 0 Å². The van der Waals surface area contributed by atoms with Crippen molar-refractivity contribution in [2.75, 3.05) is 36.0 Å². The van der Waals surface area contributed by atoms with Gasteiger partial charge in [-0.05, 0) is 11.6 Å². The van der Waals surface area contributed by atoms with Gasteiger partial charge in [0, 0.05) is 44.1 Å². The highest BCUT2D eigenvalue weighted by Gasteiger charge is 2.16. The first-order valence-electron chi connectivity index (χ1n) is 5.82. The Bertz CT molecular complexity index is 376. The van der Waals surface area contributed by atoms with Crippen molar-refractivity contribution in [2.24, 2.45) is 0 Å². The highest BCUT2D eigenvalue weighted by atomic mass is 32.2. The lowest BCUT2D eigenvalue weighted by atomic mass is 10.1. The van der Waals surface area contributed by atoms with E-state index in [4.69, 9.17) is 0 Å². The van der Waals surface area contributed by atoms with Gasteiger partial charge >= 0.3 is 0 Å². The number of thioether (sulfide) groups is 1. The minimum Gasteiger partial charge on any atom is -0.353 e. The van der Waals surface area contributed by atoms with Crippen molar-refractivity contribution in [3.63, 3.8) is 0 Å². The third-order valence-electron chi connectivity index (χ3n) is 3.14. The summed E-state index contributed by atoms with van der Waals surface area (Å²) in [7, 11) is 0. The molecule has 5 heteroatoms. The summed E-state index contributed by atoms with van der Waals surface area (Å²) in [5.41, 5.74) is 2.50. The van der Waals surface area contributed by atoms with E-state index in [2.05, 4.69) is 26.5 Å². The lowest BCUT2D eigenvalue weighted by molar-refractivity contribution is 0.618. The van der Waals surface area contributed by atoms with Crippen LogP contribution < -0.4 is 10.2 Å². The van der Waals surface area contributed by atoms with Crippen LogP contribution in [-0.2, 0) is 13.0 Å². The van der Waals surface area contributed by atoms with Crippen LogP contribution in [0, 0.1) is 0 Å². The molecule has 1 aromatic heterocycles. The van der Waals surface area contributed by atoms with Gasteiger partial charge in [-0.2, -0.15) is 16.9 Å². The predicted molar refractivity (Wildman–Crippen MR) is 67.0 cm³/mol. The van der Waals surface area contributed by atoms with Crippen LogP contribution in [0.3, 0.4) is 0 Å². The van der Waals surface area contributed by atoms with E-state index in [-0.39, 0.29) is 0 Å². The summed E-state index contributed by atoms with van der Waals surface area (Å²) in [6.07, 6.45) is 1.01. The molecule has 0 atom stereocenters. The molecule has 1 fully saturated rings. The minimum atomic E-state index is 0.945. The number of aromatic nitrogens is 2. The van der Waals surface area contributed by atoms with Crippen LogP contribution in [0.4, 0.5) is 5.82 Å². The molecule has 0 aliphatic carbocycles. The molecule has 86 valence electrons. The van der Waals surface area contributed by atoms with Gasteiger partial charge in [-0.3, -0.25) is 0 Å². The molecule has 0 bridgehead atoms. The van der Waals surface area contributed by atoms with Crippen LogP contribution in [0.25, 0.3) is 0 Å². The van der Waals surface area contributed by atoms with Crippen LogP contribution >= 0.6 is 11.8 Å². The number of nitrogens with zero attached hydrogens (tertiary/aromatic N) is 3. The van der Waals surface area contributed by atoms with Crippen molar-refractivity contribution in [3.8, 4) is 0 Å². The molecule has 0 amide bonds. The van der Waals surface area contributed by atoms with Gasteiger partial charge in [-0.15, -0.1) is 5.10 Å². The quantitative estimate of drug-likeness (QED) is 0.776. The Balaban J connectivity index is 1.84. The van der Waals surface area contributed by atoms with Gasteiger partial charge in [0.25, 0.3) is 0 Å². The fraction of sp³-hybridized carbons (Fsp3) is 0.636. The lowest BCUT2D eigenvalue weighted by Gasteiger charge is -2.28. The summed E-state index contributed by atoms with van der Waals surface area (Å²) in [4.78, 5) is 2.35. The second-order valence-corrected chi connectivity index (χ2v) is 5.43. The maximum Gasteiger partial charge on any atom is 0.151 e. The number of hydrogen-bond acceptors (Lipinski definition) is 5. The van der Waals surface area contributed by atoms with E-state index in [9.17, 15) is 0 Å². The Hall–Kier alpha value is -0.810. The molecule has 0 aromatic carbocycles. The molecule has 4 nitrogen and oxygen atoms in total. The summed E-state index contributed by atoms with van der Waals surface area (Å²) in [6.45, 7) is 4.18. The highest BCUT2D eigenvalue weighted by molar-refractivity contribution is 7.99. The molecule has 1 aromatic rings. The first-order valence-corrected chi connectivity index (χ1v) is 6.98. The summed E-state index contributed by atoms with van der Waals surface area (Å²) >= 11 is 2.02. The molecule has 16 heavy (non-hydrogen) atoms. The first-order chi connectivity index (χ1) is 7.93. The third-order valence-corrected chi connectivity index (χ3v) is 4.08. The molecule has 2 aliphatic rings. The summed E-state index contributed by atoms with van der Waals surface area (Å²) in [5.74, 6) is 3.47. The Kier molecular flexibility index (Phi) is 2.97. The number of fused-ring (bicyclic) bond motifs is 1. The molecule has 0 saturated carbocycles. The Morgan fingerprint density at radius 1 is 1.25 bits per heavy atom. The monoisotopic (exact) mass is 236 g/mol. The molecule has 0 unspecified atom stereocenters. The van der Waals surface area contributed by atoms with Crippen LogP contribution in [0.2, 0.25) is 0 Å². The Morgan fingerprint density at radius 2 is 2.12 bits per heavy atom. The number of hydrogen-bond donors (Lipinski definition) is 1. The van der Waals surface area contributed by atoms with Gasteiger partial charge in [0.05, 0.1) is 5.69 Å². The first kappa shape index (κ1) is 10.4. The maximum absolute atomic E-state index is 4.36. The second-order valence-electron chi connectivity index (χ2n) is 4.20. The average molecular weight is 236 g/mol. The van der Waals surface area contributed by atoms with Crippen molar-refractivity contribution >= 4 is 17.6 Å². The van der Waals surface area contributed by atoms with Crippen molar-refractivity contribution in [3.05, 3.63) is 17.3 Å². The number of nitrogens with one attached hydrogen (secondary N) is 1. The predicted octanol–water partition coefficient (Wildman–Crippen LogP) is 0.675. The van der Waals surface area contributed by atoms with E-state index >= 15 is 0 Å².